The number of ether oxygens (including phenoxy) is 1. The number of hydrogen-bond acceptors (Lipinski definition) is 7. The van der Waals surface area contributed by atoms with Gasteiger partial charge in [0.15, 0.2) is 6.61 Å². The molecule has 0 saturated carbocycles. The van der Waals surface area contributed by atoms with Crippen LogP contribution in [-0.4, -0.2) is 57.0 Å². The summed E-state index contributed by atoms with van der Waals surface area (Å²) < 4.78 is 32.2. The molecule has 1 heterocycles. The minimum Gasteiger partial charge on any atom is -0.508 e. The van der Waals surface area contributed by atoms with Crippen LogP contribution in [0.4, 0.5) is 14.5 Å². The molecule has 1 atom stereocenters. The van der Waals surface area contributed by atoms with Crippen molar-refractivity contribution in [3.63, 3.8) is 0 Å². The number of phenolic OH excluding ortho intramolecular Hbond substituents is 1. The van der Waals surface area contributed by atoms with Crippen molar-refractivity contribution in [1.82, 2.24) is 5.32 Å². The number of nitrogens with one attached hydrogen (secondary N) is 2. The number of carbonyl (C=O) groups excluding carboxylic acids is 1. The van der Waals surface area contributed by atoms with Gasteiger partial charge in [0.2, 0.25) is 0 Å². The second-order valence-electron chi connectivity index (χ2n) is 8.49. The molecule has 194 valence electrons. The molecule has 1 amide bonds. The average Bonchev–Trinajstić information content (AvgIpc) is 2.74. The molecular weight excluding hydrogens is 482 g/mol. The molecule has 3 rings (SSSR count). The highest BCUT2D eigenvalue weighted by Crippen LogP contribution is 2.38. The fourth-order valence-corrected chi connectivity index (χ4v) is 3.37. The van der Waals surface area contributed by atoms with Gasteiger partial charge in [0, 0.05) is 41.9 Å². The Morgan fingerprint density at radius 2 is 1.69 bits per heavy atom. The fraction of sp³-hybridized carbons (Fsp3) is 0.292. The van der Waals surface area contributed by atoms with E-state index in [1.165, 1.54) is 24.3 Å². The quantitative estimate of drug-likeness (QED) is 0.294. The van der Waals surface area contributed by atoms with Crippen molar-refractivity contribution in [3.05, 3.63) is 65.2 Å². The number of aliphatic hydroxyl groups is 1. The molecular formula is C24H26F2N2O8. The maximum absolute atomic E-state index is 13.4. The third kappa shape index (κ3) is 8.96. The van der Waals surface area contributed by atoms with Crippen LogP contribution < -0.4 is 15.4 Å². The van der Waals surface area contributed by atoms with E-state index in [-0.39, 0.29) is 24.8 Å². The molecule has 0 unspecified atom stereocenters. The number of hydrogen-bond donors (Lipinski definition) is 6. The topological polar surface area (TPSA) is 165 Å². The Bertz CT molecular complexity index is 1130. The van der Waals surface area contributed by atoms with Gasteiger partial charge in [-0.2, -0.15) is 0 Å². The Kier molecular flexibility index (Phi) is 9.47. The number of carbonyl (C=O) groups is 3. The van der Waals surface area contributed by atoms with E-state index in [4.69, 9.17) is 14.9 Å². The summed E-state index contributed by atoms with van der Waals surface area (Å²) in [6.45, 7) is 3.61. The summed E-state index contributed by atoms with van der Waals surface area (Å²) in [6.07, 6.45) is 0.406. The Hall–Kier alpha value is -4.03. The van der Waals surface area contributed by atoms with E-state index in [9.17, 15) is 33.4 Å². The van der Waals surface area contributed by atoms with Gasteiger partial charge < -0.3 is 35.8 Å². The van der Waals surface area contributed by atoms with Gasteiger partial charge in [0.05, 0.1) is 11.8 Å². The van der Waals surface area contributed by atoms with Crippen molar-refractivity contribution in [1.29, 1.82) is 0 Å². The molecule has 0 fully saturated rings. The number of amides is 1. The van der Waals surface area contributed by atoms with Crippen LogP contribution in [0.1, 0.15) is 31.1 Å². The summed E-state index contributed by atoms with van der Waals surface area (Å²) in [5.41, 5.74) is 0.535. The lowest BCUT2D eigenvalue weighted by molar-refractivity contribution is -0.134. The van der Waals surface area contributed by atoms with E-state index >= 15 is 0 Å². The molecule has 0 spiro atoms. The number of aliphatic hydroxyl groups excluding tert-OH is 1. The van der Waals surface area contributed by atoms with E-state index in [1.807, 2.05) is 13.8 Å². The second kappa shape index (κ2) is 12.1. The number of halogens is 2. The van der Waals surface area contributed by atoms with Crippen LogP contribution in [0.5, 0.6) is 11.5 Å². The molecule has 36 heavy (non-hydrogen) atoms. The number of aliphatic carboxylic acids is 2. The van der Waals surface area contributed by atoms with E-state index in [0.29, 0.717) is 41.1 Å². The predicted octanol–water partition coefficient (Wildman–Crippen LogP) is 2.36. The van der Waals surface area contributed by atoms with Crippen LogP contribution in [0.15, 0.2) is 42.5 Å². The Morgan fingerprint density at radius 1 is 1.11 bits per heavy atom. The predicted molar refractivity (Wildman–Crippen MR) is 124 cm³/mol. The van der Waals surface area contributed by atoms with Gasteiger partial charge in [-0.25, -0.2) is 18.4 Å². The molecule has 0 aromatic heterocycles. The molecule has 0 aliphatic carbocycles. The fourth-order valence-electron chi connectivity index (χ4n) is 3.37. The normalized spacial score (nSPS) is 13.6. The molecule has 0 bridgehead atoms. The van der Waals surface area contributed by atoms with Gasteiger partial charge in [-0.3, -0.25) is 4.79 Å². The number of phenols is 1. The molecule has 0 saturated heterocycles. The van der Waals surface area contributed by atoms with Crippen molar-refractivity contribution >= 4 is 23.5 Å². The molecule has 12 heteroatoms. The lowest BCUT2D eigenvalue weighted by Crippen LogP contribution is -2.43. The lowest BCUT2D eigenvalue weighted by Gasteiger charge is -2.29. The number of benzene rings is 2. The van der Waals surface area contributed by atoms with Crippen molar-refractivity contribution in [2.24, 2.45) is 0 Å². The van der Waals surface area contributed by atoms with Gasteiger partial charge in [-0.05, 0) is 44.0 Å². The number of β-amino-alcohol motifs (C(OH)–C–C–N with tert-alkyl or cyclic N) is 1. The highest BCUT2D eigenvalue weighted by Gasteiger charge is 2.26. The van der Waals surface area contributed by atoms with Crippen LogP contribution in [0.3, 0.4) is 0 Å². The number of carboxylic acids is 2. The van der Waals surface area contributed by atoms with Crippen molar-refractivity contribution < 1.29 is 48.3 Å². The van der Waals surface area contributed by atoms with Gasteiger partial charge >= 0.3 is 11.9 Å². The summed E-state index contributed by atoms with van der Waals surface area (Å²) in [4.78, 5) is 30.6. The molecule has 10 nitrogen and oxygen atoms in total. The summed E-state index contributed by atoms with van der Waals surface area (Å²) in [6, 6.07) is 6.07. The number of fused-ring (bicyclic) bond motifs is 1. The maximum Gasteiger partial charge on any atom is 0.328 e. The highest BCUT2D eigenvalue weighted by atomic mass is 19.1. The number of aromatic hydroxyl groups is 1. The molecule has 0 radical (unpaired) electrons. The summed E-state index contributed by atoms with van der Waals surface area (Å²) in [7, 11) is 0. The molecule has 1 aliphatic heterocycles. The number of carboxylic acid groups (broad SMARTS) is 2. The summed E-state index contributed by atoms with van der Waals surface area (Å²) >= 11 is 0. The SMILES string of the molecule is CC(C)(Cc1cc(F)cc(F)c1)NC[C@H](O)c1cc(O)cc2c1OCC(=O)N2.O=C(O)C=CC(=O)O. The highest BCUT2D eigenvalue weighted by molar-refractivity contribution is 5.96. The second-order valence-corrected chi connectivity index (χ2v) is 8.49. The van der Waals surface area contributed by atoms with Crippen LogP contribution in [0, 0.1) is 11.6 Å². The van der Waals surface area contributed by atoms with E-state index < -0.39 is 35.2 Å². The zero-order valence-electron chi connectivity index (χ0n) is 19.4. The van der Waals surface area contributed by atoms with Gasteiger partial charge in [-0.15, -0.1) is 0 Å². The van der Waals surface area contributed by atoms with Gasteiger partial charge in [0.25, 0.3) is 5.91 Å². The largest absolute Gasteiger partial charge is 0.508 e. The summed E-state index contributed by atoms with van der Waals surface area (Å²) in [5.74, 6) is -3.96. The van der Waals surface area contributed by atoms with Crippen molar-refractivity contribution in [2.75, 3.05) is 18.5 Å². The first-order valence-corrected chi connectivity index (χ1v) is 10.6. The van der Waals surface area contributed by atoms with E-state index in [0.717, 1.165) is 6.07 Å². The van der Waals surface area contributed by atoms with E-state index in [2.05, 4.69) is 10.6 Å². The third-order valence-electron chi connectivity index (χ3n) is 4.79. The van der Waals surface area contributed by atoms with E-state index in [1.54, 1.807) is 0 Å². The minimum atomic E-state index is -1.26. The first-order chi connectivity index (χ1) is 16.8. The van der Waals surface area contributed by atoms with Crippen LogP contribution >= 0.6 is 0 Å². The standard InChI is InChI=1S/C20H22F2N2O4.C4H4O4/c1-20(2,8-11-3-12(21)5-13(22)4-11)23-9-17(26)15-6-14(25)7-16-19(15)28-10-18(27)24-16;5-3(6)1-2-4(7)8/h3-7,17,23,25-26H,8-10H2,1-2H3,(H,24,27);1-2H,(H,5,6)(H,7,8)/t17-;/m0./s1. The average molecular weight is 508 g/mol. The molecule has 6 N–H and O–H groups in total. The zero-order chi connectivity index (χ0) is 27.0. The molecule has 1 aliphatic rings. The van der Waals surface area contributed by atoms with Crippen molar-refractivity contribution in [2.45, 2.75) is 31.9 Å². The van der Waals surface area contributed by atoms with Crippen LogP contribution in [0.25, 0.3) is 0 Å². The van der Waals surface area contributed by atoms with Gasteiger partial charge in [0.1, 0.15) is 23.1 Å². The molecule has 2 aromatic rings. The lowest BCUT2D eigenvalue weighted by atomic mass is 9.94. The zero-order valence-corrected chi connectivity index (χ0v) is 19.4. The first kappa shape index (κ1) is 28.2. The van der Waals surface area contributed by atoms with Crippen molar-refractivity contribution in [3.8, 4) is 11.5 Å². The van der Waals surface area contributed by atoms with Crippen LogP contribution in [-0.2, 0) is 20.8 Å². The Balaban J connectivity index is 0.000000493. The smallest absolute Gasteiger partial charge is 0.328 e. The Morgan fingerprint density at radius 3 is 2.25 bits per heavy atom. The van der Waals surface area contributed by atoms with Crippen LogP contribution in [0.2, 0.25) is 0 Å². The maximum atomic E-state index is 13.4. The Labute approximate surface area is 204 Å². The minimum absolute atomic E-state index is 0.0952. The monoisotopic (exact) mass is 508 g/mol. The number of anilines is 1. The third-order valence-corrected chi connectivity index (χ3v) is 4.79. The molecule has 2 aromatic carbocycles. The van der Waals surface area contributed by atoms with Gasteiger partial charge in [-0.1, -0.05) is 0 Å². The summed E-state index contributed by atoms with van der Waals surface area (Å²) in [5, 5.41) is 41.8. The number of rotatable bonds is 8. The first-order valence-electron chi connectivity index (χ1n) is 10.6.